The zero-order valence-electron chi connectivity index (χ0n) is 16.2. The van der Waals surface area contributed by atoms with Gasteiger partial charge in [0.1, 0.15) is 5.60 Å². The highest BCUT2D eigenvalue weighted by Gasteiger charge is 2.29. The van der Waals surface area contributed by atoms with Gasteiger partial charge >= 0.3 is 6.09 Å². The molecule has 2 heterocycles. The van der Waals surface area contributed by atoms with Crippen molar-refractivity contribution in [2.24, 2.45) is 0 Å². The van der Waals surface area contributed by atoms with E-state index in [1.54, 1.807) is 4.90 Å². The number of carbonyl (C=O) groups excluding carboxylic acids is 1. The molecule has 2 aromatic rings. The van der Waals surface area contributed by atoms with E-state index in [4.69, 9.17) is 9.72 Å². The van der Waals surface area contributed by atoms with Gasteiger partial charge in [-0.15, -0.1) is 0 Å². The van der Waals surface area contributed by atoms with Crippen LogP contribution >= 0.6 is 0 Å². The summed E-state index contributed by atoms with van der Waals surface area (Å²) in [5.74, 6) is 0.294. The second-order valence-corrected chi connectivity index (χ2v) is 7.97. The molecule has 1 aliphatic heterocycles. The van der Waals surface area contributed by atoms with Gasteiger partial charge in [0.05, 0.1) is 6.54 Å². The Bertz CT molecular complexity index is 765. The maximum absolute atomic E-state index is 12.4. The molecule has 1 atom stereocenters. The highest BCUT2D eigenvalue weighted by atomic mass is 16.6. The molecule has 26 heavy (non-hydrogen) atoms. The number of hydrogen-bond acceptors (Lipinski definition) is 3. The third-order valence-electron chi connectivity index (χ3n) is 4.61. The second-order valence-electron chi connectivity index (χ2n) is 7.97. The highest BCUT2D eigenvalue weighted by molar-refractivity contribution is 5.69. The van der Waals surface area contributed by atoms with Gasteiger partial charge in [0, 0.05) is 24.4 Å². The van der Waals surface area contributed by atoms with Crippen LogP contribution in [0.25, 0.3) is 0 Å². The van der Waals surface area contributed by atoms with Crippen LogP contribution in [0.5, 0.6) is 0 Å². The van der Waals surface area contributed by atoms with E-state index >= 15 is 0 Å². The molecule has 138 valence electrons. The van der Waals surface area contributed by atoms with E-state index in [0.717, 1.165) is 24.1 Å². The van der Waals surface area contributed by atoms with Crippen LogP contribution in [-0.4, -0.2) is 21.6 Å². The molecule has 4 heteroatoms. The summed E-state index contributed by atoms with van der Waals surface area (Å²) < 4.78 is 5.51. The summed E-state index contributed by atoms with van der Waals surface area (Å²) in [6.07, 6.45) is 3.83. The van der Waals surface area contributed by atoms with E-state index in [0.29, 0.717) is 19.0 Å². The van der Waals surface area contributed by atoms with Gasteiger partial charge in [-0.25, -0.2) is 4.79 Å². The third-order valence-corrected chi connectivity index (χ3v) is 4.61. The fourth-order valence-corrected chi connectivity index (χ4v) is 3.41. The van der Waals surface area contributed by atoms with Crippen LogP contribution in [0.2, 0.25) is 0 Å². The number of carbonyl (C=O) groups is 1. The van der Waals surface area contributed by atoms with Crippen molar-refractivity contribution in [1.29, 1.82) is 0 Å². The molecule has 0 bridgehead atoms. The molecule has 3 rings (SSSR count). The van der Waals surface area contributed by atoms with Gasteiger partial charge in [-0.2, -0.15) is 0 Å². The summed E-state index contributed by atoms with van der Waals surface area (Å²) in [6, 6.07) is 12.7. The Balaban J connectivity index is 1.80. The van der Waals surface area contributed by atoms with Gasteiger partial charge in [-0.3, -0.25) is 9.88 Å². The van der Waals surface area contributed by atoms with Crippen LogP contribution in [0.15, 0.2) is 42.6 Å². The van der Waals surface area contributed by atoms with Crippen LogP contribution in [0, 0.1) is 0 Å². The Morgan fingerprint density at radius 3 is 2.54 bits per heavy atom. The van der Waals surface area contributed by atoms with E-state index in [1.165, 1.54) is 11.1 Å². The first kappa shape index (κ1) is 18.4. The number of fused-ring (bicyclic) bond motifs is 1. The molecule has 4 nitrogen and oxygen atoms in total. The van der Waals surface area contributed by atoms with Crippen molar-refractivity contribution in [2.45, 2.75) is 65.1 Å². The highest BCUT2D eigenvalue weighted by Crippen LogP contribution is 2.31. The van der Waals surface area contributed by atoms with E-state index in [-0.39, 0.29) is 6.09 Å². The standard InChI is InChI=1S/C22H28N2O2/c1-5-9-19(16-10-7-6-8-11-16)20-12-17-14-24(15-18(17)13-23-20)21(25)26-22(2,3)4/h6-8,10-13,19H,5,9,14-15H2,1-4H3. The Labute approximate surface area is 156 Å². The Morgan fingerprint density at radius 2 is 1.88 bits per heavy atom. The second kappa shape index (κ2) is 7.48. The van der Waals surface area contributed by atoms with Gasteiger partial charge < -0.3 is 4.74 Å². The van der Waals surface area contributed by atoms with Gasteiger partial charge in [-0.05, 0) is 49.9 Å². The molecule has 1 aliphatic rings. The summed E-state index contributed by atoms with van der Waals surface area (Å²) in [5, 5.41) is 0. The van der Waals surface area contributed by atoms with Crippen molar-refractivity contribution >= 4 is 6.09 Å². The fourth-order valence-electron chi connectivity index (χ4n) is 3.41. The van der Waals surface area contributed by atoms with Gasteiger partial charge in [-0.1, -0.05) is 43.7 Å². The summed E-state index contributed by atoms with van der Waals surface area (Å²) >= 11 is 0. The minimum Gasteiger partial charge on any atom is -0.444 e. The average Bonchev–Trinajstić information content (AvgIpc) is 3.02. The lowest BCUT2D eigenvalue weighted by molar-refractivity contribution is 0.0242. The maximum atomic E-state index is 12.4. The van der Waals surface area contributed by atoms with E-state index in [9.17, 15) is 4.79 Å². The SMILES string of the molecule is CCCC(c1ccccc1)c1cc2c(cn1)CN(C(=O)OC(C)(C)C)C2. The zero-order valence-corrected chi connectivity index (χ0v) is 16.2. The molecule has 0 saturated carbocycles. The van der Waals surface area contributed by atoms with E-state index in [2.05, 4.69) is 37.3 Å². The quantitative estimate of drug-likeness (QED) is 0.753. The third kappa shape index (κ3) is 4.24. The number of aromatic nitrogens is 1. The number of nitrogens with zero attached hydrogens (tertiary/aromatic N) is 2. The zero-order chi connectivity index (χ0) is 18.7. The Hall–Kier alpha value is -2.36. The molecule has 1 amide bonds. The van der Waals surface area contributed by atoms with Crippen molar-refractivity contribution in [3.8, 4) is 0 Å². The largest absolute Gasteiger partial charge is 0.444 e. The maximum Gasteiger partial charge on any atom is 0.410 e. The molecule has 0 saturated heterocycles. The molecule has 0 N–H and O–H groups in total. The van der Waals surface area contributed by atoms with Crippen LogP contribution in [0.3, 0.4) is 0 Å². The van der Waals surface area contributed by atoms with Crippen molar-refractivity contribution in [1.82, 2.24) is 9.88 Å². The average molecular weight is 352 g/mol. The predicted octanol–water partition coefficient (Wildman–Crippen LogP) is 5.26. The summed E-state index contributed by atoms with van der Waals surface area (Å²) in [4.78, 5) is 18.8. The molecule has 1 aromatic heterocycles. The number of benzene rings is 1. The van der Waals surface area contributed by atoms with Gasteiger partial charge in [0.25, 0.3) is 0 Å². The first-order chi connectivity index (χ1) is 12.4. The number of ether oxygens (including phenoxy) is 1. The molecule has 0 aliphatic carbocycles. The molecule has 0 radical (unpaired) electrons. The summed E-state index contributed by atoms with van der Waals surface area (Å²) in [6.45, 7) is 9.04. The Kier molecular flexibility index (Phi) is 5.30. The van der Waals surface area contributed by atoms with E-state index < -0.39 is 5.60 Å². The first-order valence-electron chi connectivity index (χ1n) is 9.38. The molecule has 1 unspecified atom stereocenters. The number of pyridine rings is 1. The number of hydrogen-bond donors (Lipinski definition) is 0. The van der Waals surface area contributed by atoms with Crippen LogP contribution in [0.4, 0.5) is 4.79 Å². The normalized spacial score (nSPS) is 14.8. The van der Waals surface area contributed by atoms with Gasteiger partial charge in [0.2, 0.25) is 0 Å². The molecule has 0 spiro atoms. The van der Waals surface area contributed by atoms with Gasteiger partial charge in [0.15, 0.2) is 0 Å². The topological polar surface area (TPSA) is 42.4 Å². The predicted molar refractivity (Wildman–Crippen MR) is 103 cm³/mol. The lowest BCUT2D eigenvalue weighted by atomic mass is 9.90. The molecule has 0 fully saturated rings. The smallest absolute Gasteiger partial charge is 0.410 e. The van der Waals surface area contributed by atoms with Crippen LogP contribution in [0.1, 0.15) is 68.8 Å². The molecular formula is C22H28N2O2. The summed E-state index contributed by atoms with van der Waals surface area (Å²) in [7, 11) is 0. The number of rotatable bonds is 4. The lowest BCUT2D eigenvalue weighted by Crippen LogP contribution is -2.33. The monoisotopic (exact) mass is 352 g/mol. The summed E-state index contributed by atoms with van der Waals surface area (Å²) in [5.41, 5.74) is 4.20. The minimum absolute atomic E-state index is 0.261. The van der Waals surface area contributed by atoms with Crippen LogP contribution < -0.4 is 0 Å². The lowest BCUT2D eigenvalue weighted by Gasteiger charge is -2.24. The fraction of sp³-hybridized carbons (Fsp3) is 0.455. The Morgan fingerprint density at radius 1 is 1.19 bits per heavy atom. The van der Waals surface area contributed by atoms with E-state index in [1.807, 2.05) is 33.0 Å². The molecular weight excluding hydrogens is 324 g/mol. The van der Waals surface area contributed by atoms with Crippen LogP contribution in [-0.2, 0) is 17.8 Å². The van der Waals surface area contributed by atoms with Crippen molar-refractivity contribution in [3.05, 3.63) is 65.0 Å². The van der Waals surface area contributed by atoms with Crippen molar-refractivity contribution in [3.63, 3.8) is 0 Å². The first-order valence-corrected chi connectivity index (χ1v) is 9.38. The number of amides is 1. The minimum atomic E-state index is -0.477. The van der Waals surface area contributed by atoms with Crippen molar-refractivity contribution in [2.75, 3.05) is 0 Å². The molecule has 1 aromatic carbocycles. The van der Waals surface area contributed by atoms with Crippen molar-refractivity contribution < 1.29 is 9.53 Å².